The number of esters is 1. The highest BCUT2D eigenvalue weighted by Crippen LogP contribution is 2.16. The summed E-state index contributed by atoms with van der Waals surface area (Å²) in [6.45, 7) is 5.50. The fraction of sp³-hybridized carbons (Fsp3) is 0.435. The van der Waals surface area contributed by atoms with Crippen molar-refractivity contribution in [3.63, 3.8) is 0 Å². The van der Waals surface area contributed by atoms with Crippen molar-refractivity contribution in [3.8, 4) is 0 Å². The Bertz CT molecular complexity index is 1090. The van der Waals surface area contributed by atoms with Crippen LogP contribution in [0.2, 0.25) is 0 Å². The van der Waals surface area contributed by atoms with Crippen molar-refractivity contribution in [2.45, 2.75) is 38.1 Å². The van der Waals surface area contributed by atoms with E-state index in [1.54, 1.807) is 24.8 Å². The highest BCUT2D eigenvalue weighted by Gasteiger charge is 2.21. The van der Waals surface area contributed by atoms with E-state index >= 15 is 0 Å². The first-order chi connectivity index (χ1) is 14.9. The predicted octanol–water partition coefficient (Wildman–Crippen LogP) is 2.06. The zero-order chi connectivity index (χ0) is 22.4. The van der Waals surface area contributed by atoms with Crippen molar-refractivity contribution in [3.05, 3.63) is 49.4 Å². The number of thiazole rings is 1. The molecule has 0 bridgehead atoms. The zero-order valence-corrected chi connectivity index (χ0v) is 19.8. The molecule has 31 heavy (non-hydrogen) atoms. The van der Waals surface area contributed by atoms with Crippen LogP contribution in [-0.2, 0) is 20.9 Å². The molecule has 1 aromatic heterocycles. The maximum absolute atomic E-state index is 13.1. The molecule has 2 aromatic rings. The summed E-state index contributed by atoms with van der Waals surface area (Å²) in [7, 11) is 0. The summed E-state index contributed by atoms with van der Waals surface area (Å²) in [5.41, 5.74) is 0.621. The van der Waals surface area contributed by atoms with Crippen LogP contribution in [0.3, 0.4) is 0 Å². The third-order valence-corrected chi connectivity index (χ3v) is 7.11. The molecule has 2 heterocycles. The molecule has 1 fully saturated rings. The van der Waals surface area contributed by atoms with Gasteiger partial charge in [-0.15, -0.1) is 23.1 Å². The van der Waals surface area contributed by atoms with E-state index in [1.807, 2.05) is 35.4 Å². The summed E-state index contributed by atoms with van der Waals surface area (Å²) in [6, 6.07) is 7.89. The molecule has 1 aromatic carbocycles. The average Bonchev–Trinajstić information content (AvgIpc) is 3.03. The first-order valence-corrected chi connectivity index (χ1v) is 12.5. The lowest BCUT2D eigenvalue weighted by Gasteiger charge is -2.30. The number of piperidine rings is 1. The number of ether oxygens (including phenoxy) is 1. The average molecular weight is 461 g/mol. The largest absolute Gasteiger partial charge is 0.463 e. The normalized spacial score (nSPS) is 16.0. The van der Waals surface area contributed by atoms with Crippen LogP contribution in [0.5, 0.6) is 0 Å². The van der Waals surface area contributed by atoms with Crippen LogP contribution in [0.15, 0.2) is 34.0 Å². The van der Waals surface area contributed by atoms with Crippen LogP contribution >= 0.6 is 23.1 Å². The number of hydrogen-bond acceptors (Lipinski definition) is 6. The van der Waals surface area contributed by atoms with Gasteiger partial charge in [-0.25, -0.2) is 4.79 Å². The van der Waals surface area contributed by atoms with Crippen LogP contribution in [0.25, 0.3) is 12.2 Å². The van der Waals surface area contributed by atoms with Crippen LogP contribution in [0.4, 0.5) is 0 Å². The summed E-state index contributed by atoms with van der Waals surface area (Å²) in [5, 5.41) is 0. The van der Waals surface area contributed by atoms with E-state index in [9.17, 15) is 14.4 Å². The van der Waals surface area contributed by atoms with Gasteiger partial charge in [0.15, 0.2) is 0 Å². The van der Waals surface area contributed by atoms with E-state index in [-0.39, 0.29) is 24.6 Å². The number of carbonyl (C=O) groups is 2. The van der Waals surface area contributed by atoms with E-state index in [2.05, 4.69) is 6.92 Å². The standard InChI is InChI=1S/C23H28N2O4S2/c1-4-29-22(27)14-21-25(15-20(26)24-11-9-16(2)10-12-24)23(28)19(31-21)13-17-5-7-18(30-3)8-6-17/h5-8,13-14,16H,4,9-12,15H2,1-3H3/b19-13-,21-14-. The van der Waals surface area contributed by atoms with Crippen molar-refractivity contribution >= 4 is 47.1 Å². The second-order valence-electron chi connectivity index (χ2n) is 7.57. The smallest absolute Gasteiger partial charge is 0.333 e. The van der Waals surface area contributed by atoms with Gasteiger partial charge in [-0.3, -0.25) is 14.2 Å². The predicted molar refractivity (Wildman–Crippen MR) is 126 cm³/mol. The minimum atomic E-state index is -0.521. The van der Waals surface area contributed by atoms with Gasteiger partial charge in [0.2, 0.25) is 5.91 Å². The molecule has 0 radical (unpaired) electrons. The molecule has 166 valence electrons. The van der Waals surface area contributed by atoms with E-state index < -0.39 is 5.97 Å². The van der Waals surface area contributed by atoms with Gasteiger partial charge in [-0.2, -0.15) is 0 Å². The molecule has 0 spiro atoms. The van der Waals surface area contributed by atoms with E-state index in [0.717, 1.165) is 23.3 Å². The number of thioether (sulfide) groups is 1. The quantitative estimate of drug-likeness (QED) is 0.488. The molecule has 1 amide bonds. The molecule has 0 aliphatic carbocycles. The van der Waals surface area contributed by atoms with Crippen LogP contribution in [-0.4, -0.2) is 47.3 Å². The van der Waals surface area contributed by atoms with E-state index in [1.165, 1.54) is 22.0 Å². The van der Waals surface area contributed by atoms with Crippen molar-refractivity contribution in [2.24, 2.45) is 5.92 Å². The SMILES string of the molecule is CCOC(=O)/C=c1\s/c(=C\c2ccc(SC)cc2)c(=O)n1CC(=O)N1CCC(C)CC1. The summed E-state index contributed by atoms with van der Waals surface area (Å²) in [5.74, 6) is -0.00636. The first-order valence-electron chi connectivity index (χ1n) is 10.4. The zero-order valence-electron chi connectivity index (χ0n) is 18.1. The highest BCUT2D eigenvalue weighted by molar-refractivity contribution is 7.98. The summed E-state index contributed by atoms with van der Waals surface area (Å²) >= 11 is 2.85. The second-order valence-corrected chi connectivity index (χ2v) is 9.51. The fourth-order valence-electron chi connectivity index (χ4n) is 3.42. The van der Waals surface area contributed by atoms with Crippen molar-refractivity contribution in [2.75, 3.05) is 26.0 Å². The minimum absolute atomic E-state index is 0.0752. The highest BCUT2D eigenvalue weighted by atomic mass is 32.2. The topological polar surface area (TPSA) is 68.6 Å². The van der Waals surface area contributed by atoms with Gasteiger partial charge in [0.05, 0.1) is 17.2 Å². The van der Waals surface area contributed by atoms with Gasteiger partial charge in [-0.05, 0) is 55.7 Å². The van der Waals surface area contributed by atoms with Crippen molar-refractivity contribution < 1.29 is 14.3 Å². The maximum Gasteiger partial charge on any atom is 0.333 e. The Labute approximate surface area is 190 Å². The number of amides is 1. The Balaban J connectivity index is 1.97. The molecule has 1 aliphatic heterocycles. The fourth-order valence-corrected chi connectivity index (χ4v) is 4.86. The number of nitrogens with zero attached hydrogens (tertiary/aromatic N) is 2. The van der Waals surface area contributed by atoms with Gasteiger partial charge < -0.3 is 9.64 Å². The Kier molecular flexibility index (Phi) is 8.15. The molecular weight excluding hydrogens is 432 g/mol. The van der Waals surface area contributed by atoms with Crippen molar-refractivity contribution in [1.82, 2.24) is 9.47 Å². The third kappa shape index (κ3) is 6.11. The third-order valence-electron chi connectivity index (χ3n) is 5.31. The lowest BCUT2D eigenvalue weighted by molar-refractivity contribution is -0.136. The van der Waals surface area contributed by atoms with Gasteiger partial charge in [-0.1, -0.05) is 19.1 Å². The Morgan fingerprint density at radius 2 is 1.90 bits per heavy atom. The number of rotatable bonds is 6. The van der Waals surface area contributed by atoms with Gasteiger partial charge in [0, 0.05) is 18.0 Å². The molecule has 1 aliphatic rings. The summed E-state index contributed by atoms with van der Waals surface area (Å²) in [4.78, 5) is 41.0. The number of benzene rings is 1. The Morgan fingerprint density at radius 1 is 1.23 bits per heavy atom. The Hall–Kier alpha value is -2.32. The molecular formula is C23H28N2O4S2. The molecule has 8 heteroatoms. The molecule has 0 unspecified atom stereocenters. The minimum Gasteiger partial charge on any atom is -0.463 e. The summed E-state index contributed by atoms with van der Waals surface area (Å²) < 4.78 is 7.31. The number of hydrogen-bond donors (Lipinski definition) is 0. The molecule has 3 rings (SSSR count). The Morgan fingerprint density at radius 3 is 2.52 bits per heavy atom. The van der Waals surface area contributed by atoms with Crippen LogP contribution in [0, 0.1) is 5.92 Å². The monoisotopic (exact) mass is 460 g/mol. The molecule has 6 nitrogen and oxygen atoms in total. The molecule has 0 saturated carbocycles. The van der Waals surface area contributed by atoms with E-state index in [0.29, 0.717) is 28.2 Å². The lowest BCUT2D eigenvalue weighted by Crippen LogP contribution is -2.43. The first kappa shape index (κ1) is 23.3. The number of aromatic nitrogens is 1. The number of carbonyl (C=O) groups excluding carboxylic acids is 2. The molecule has 0 atom stereocenters. The molecule has 1 saturated heterocycles. The van der Waals surface area contributed by atoms with Gasteiger partial charge in [0.25, 0.3) is 5.56 Å². The summed E-state index contributed by atoms with van der Waals surface area (Å²) in [6.07, 6.45) is 7.04. The lowest BCUT2D eigenvalue weighted by atomic mass is 9.99. The van der Waals surface area contributed by atoms with E-state index in [4.69, 9.17) is 4.74 Å². The van der Waals surface area contributed by atoms with Crippen LogP contribution < -0.4 is 14.8 Å². The van der Waals surface area contributed by atoms with Gasteiger partial charge >= 0.3 is 5.97 Å². The van der Waals surface area contributed by atoms with Crippen LogP contribution in [0.1, 0.15) is 32.3 Å². The van der Waals surface area contributed by atoms with Gasteiger partial charge in [0.1, 0.15) is 11.2 Å². The molecule has 0 N–H and O–H groups in total. The number of likely N-dealkylation sites (tertiary alicyclic amines) is 1. The second kappa shape index (κ2) is 10.8. The van der Waals surface area contributed by atoms with Crippen molar-refractivity contribution in [1.29, 1.82) is 0 Å². The maximum atomic E-state index is 13.1.